The van der Waals surface area contributed by atoms with Crippen LogP contribution in [0, 0.1) is 11.3 Å². The zero-order valence-electron chi connectivity index (χ0n) is 12.6. The van der Waals surface area contributed by atoms with Crippen LogP contribution in [0.4, 0.5) is 0 Å². The standard InChI is InChI=1S/C16H25NO3S/c18-21(19)14-4-2-1-3-13(14)20-15(17-21)11-16-8-5-12(6-9-16)7-10-16/h12-14H,1-11H2. The molecule has 4 saturated carbocycles. The van der Waals surface area contributed by atoms with Crippen molar-refractivity contribution in [3.63, 3.8) is 0 Å². The van der Waals surface area contributed by atoms with E-state index in [-0.39, 0.29) is 16.8 Å². The van der Waals surface area contributed by atoms with Gasteiger partial charge in [0.1, 0.15) is 11.4 Å². The fourth-order valence-electron chi connectivity index (χ4n) is 4.94. The van der Waals surface area contributed by atoms with E-state index in [0.717, 1.165) is 38.0 Å². The summed E-state index contributed by atoms with van der Waals surface area (Å²) in [7, 11) is -3.34. The van der Waals surface area contributed by atoms with Gasteiger partial charge in [0, 0.05) is 6.42 Å². The molecule has 118 valence electrons. The van der Waals surface area contributed by atoms with Crippen molar-refractivity contribution in [2.45, 2.75) is 82.0 Å². The molecular formula is C16H25NO3S. The van der Waals surface area contributed by atoms with Gasteiger partial charge in [-0.1, -0.05) is 6.42 Å². The highest BCUT2D eigenvalue weighted by Crippen LogP contribution is 2.52. The van der Waals surface area contributed by atoms with Gasteiger partial charge in [-0.2, -0.15) is 0 Å². The molecule has 0 aromatic heterocycles. The molecule has 2 bridgehead atoms. The Balaban J connectivity index is 1.56. The van der Waals surface area contributed by atoms with E-state index in [2.05, 4.69) is 4.40 Å². The monoisotopic (exact) mass is 311 g/mol. The van der Waals surface area contributed by atoms with E-state index < -0.39 is 10.0 Å². The van der Waals surface area contributed by atoms with Gasteiger partial charge in [0.2, 0.25) is 5.90 Å². The number of fused-ring (bicyclic) bond motifs is 4. The third-order valence-corrected chi connectivity index (χ3v) is 8.08. The third kappa shape index (κ3) is 2.51. The molecule has 1 aliphatic heterocycles. The molecule has 5 rings (SSSR count). The highest BCUT2D eigenvalue weighted by Gasteiger charge is 2.45. The van der Waals surface area contributed by atoms with Crippen molar-refractivity contribution in [2.75, 3.05) is 0 Å². The second kappa shape index (κ2) is 4.97. The van der Waals surface area contributed by atoms with Crippen LogP contribution in [0.1, 0.15) is 70.6 Å². The number of hydrogen-bond acceptors (Lipinski definition) is 3. The largest absolute Gasteiger partial charge is 0.475 e. The first-order valence-electron chi connectivity index (χ1n) is 8.56. The molecule has 4 fully saturated rings. The predicted octanol–water partition coefficient (Wildman–Crippen LogP) is 3.42. The van der Waals surface area contributed by atoms with Gasteiger partial charge in [-0.3, -0.25) is 0 Å². The van der Waals surface area contributed by atoms with Gasteiger partial charge in [-0.15, -0.1) is 4.40 Å². The van der Waals surface area contributed by atoms with Gasteiger partial charge in [0.15, 0.2) is 0 Å². The maximum Gasteiger partial charge on any atom is 0.262 e. The molecule has 0 aromatic carbocycles. The fraction of sp³-hybridized carbons (Fsp3) is 0.938. The molecular weight excluding hydrogens is 286 g/mol. The van der Waals surface area contributed by atoms with Crippen LogP contribution in [-0.4, -0.2) is 25.7 Å². The van der Waals surface area contributed by atoms with Gasteiger partial charge in [0.05, 0.1) is 0 Å². The van der Waals surface area contributed by atoms with E-state index >= 15 is 0 Å². The molecule has 5 aliphatic rings. The zero-order valence-corrected chi connectivity index (χ0v) is 13.4. The Labute approximate surface area is 127 Å². The molecule has 4 nitrogen and oxygen atoms in total. The number of ether oxygens (including phenoxy) is 1. The molecule has 1 heterocycles. The van der Waals surface area contributed by atoms with E-state index in [0.29, 0.717) is 5.90 Å². The summed E-state index contributed by atoms with van der Waals surface area (Å²) in [5.74, 6) is 1.45. The molecule has 5 heteroatoms. The molecule has 0 saturated heterocycles. The summed E-state index contributed by atoms with van der Waals surface area (Å²) in [6.07, 6.45) is 11.9. The summed E-state index contributed by atoms with van der Waals surface area (Å²) in [6, 6.07) is 0. The SMILES string of the molecule is O=S1(=O)N=C(CC23CCC(CC2)CC3)OC2CCCCC21. The maximum absolute atomic E-state index is 12.4. The van der Waals surface area contributed by atoms with Gasteiger partial charge in [-0.25, -0.2) is 8.42 Å². The second-order valence-corrected chi connectivity index (χ2v) is 9.46. The van der Waals surface area contributed by atoms with Crippen LogP contribution in [0.2, 0.25) is 0 Å². The topological polar surface area (TPSA) is 55.7 Å². The highest BCUT2D eigenvalue weighted by atomic mass is 32.2. The summed E-state index contributed by atoms with van der Waals surface area (Å²) in [5, 5.41) is -0.380. The number of hydrogen-bond donors (Lipinski definition) is 0. The van der Waals surface area contributed by atoms with Crippen molar-refractivity contribution in [3.05, 3.63) is 0 Å². The van der Waals surface area contributed by atoms with Crippen molar-refractivity contribution in [2.24, 2.45) is 15.7 Å². The minimum atomic E-state index is -3.34. The molecule has 0 amide bonds. The number of nitrogens with zero attached hydrogens (tertiary/aromatic N) is 1. The Morgan fingerprint density at radius 2 is 1.71 bits per heavy atom. The molecule has 2 unspecified atom stereocenters. The summed E-state index contributed by atoms with van der Waals surface area (Å²) < 4.78 is 34.9. The van der Waals surface area contributed by atoms with Crippen LogP contribution >= 0.6 is 0 Å². The van der Waals surface area contributed by atoms with E-state index in [1.54, 1.807) is 0 Å². The summed E-state index contributed by atoms with van der Waals surface area (Å²) in [5.41, 5.74) is 0.282. The summed E-state index contributed by atoms with van der Waals surface area (Å²) in [4.78, 5) is 0. The van der Waals surface area contributed by atoms with Gasteiger partial charge in [0.25, 0.3) is 10.0 Å². The Hall–Kier alpha value is -0.580. The lowest BCUT2D eigenvalue weighted by molar-refractivity contribution is 0.0577. The number of sulfonamides is 1. The van der Waals surface area contributed by atoms with Crippen molar-refractivity contribution < 1.29 is 13.2 Å². The van der Waals surface area contributed by atoms with Gasteiger partial charge >= 0.3 is 0 Å². The Kier molecular flexibility index (Phi) is 3.32. The summed E-state index contributed by atoms with van der Waals surface area (Å²) in [6.45, 7) is 0. The van der Waals surface area contributed by atoms with Crippen molar-refractivity contribution in [1.82, 2.24) is 0 Å². The lowest BCUT2D eigenvalue weighted by Crippen LogP contribution is -2.45. The second-order valence-electron chi connectivity index (χ2n) is 7.64. The Morgan fingerprint density at radius 1 is 1.05 bits per heavy atom. The lowest BCUT2D eigenvalue weighted by Gasteiger charge is -2.47. The average molecular weight is 311 g/mol. The van der Waals surface area contributed by atoms with Crippen LogP contribution in [-0.2, 0) is 14.8 Å². The maximum atomic E-state index is 12.4. The van der Waals surface area contributed by atoms with E-state index in [1.807, 2.05) is 0 Å². The van der Waals surface area contributed by atoms with E-state index in [1.165, 1.54) is 38.5 Å². The zero-order chi connectivity index (χ0) is 14.5. The van der Waals surface area contributed by atoms with Crippen molar-refractivity contribution in [3.8, 4) is 0 Å². The van der Waals surface area contributed by atoms with Crippen molar-refractivity contribution >= 4 is 15.9 Å². The molecule has 0 radical (unpaired) electrons. The number of rotatable bonds is 2. The third-order valence-electron chi connectivity index (χ3n) is 6.32. The normalized spacial score (nSPS) is 44.6. The van der Waals surface area contributed by atoms with E-state index in [9.17, 15) is 8.42 Å². The minimum absolute atomic E-state index is 0.132. The molecule has 0 aromatic rings. The smallest absolute Gasteiger partial charge is 0.262 e. The average Bonchev–Trinajstić information content (AvgIpc) is 2.48. The molecule has 0 spiro atoms. The quantitative estimate of drug-likeness (QED) is 0.785. The Bertz CT molecular complexity index is 532. The van der Waals surface area contributed by atoms with Crippen LogP contribution in [0.3, 0.4) is 0 Å². The van der Waals surface area contributed by atoms with Gasteiger partial charge in [-0.05, 0) is 69.1 Å². The first-order chi connectivity index (χ1) is 10.1. The van der Waals surface area contributed by atoms with Crippen LogP contribution in [0.15, 0.2) is 4.40 Å². The molecule has 4 aliphatic carbocycles. The first-order valence-corrected chi connectivity index (χ1v) is 10.1. The lowest BCUT2D eigenvalue weighted by atomic mass is 9.59. The van der Waals surface area contributed by atoms with Crippen LogP contribution < -0.4 is 0 Å². The first kappa shape index (κ1) is 14.0. The van der Waals surface area contributed by atoms with Crippen LogP contribution in [0.25, 0.3) is 0 Å². The van der Waals surface area contributed by atoms with E-state index in [4.69, 9.17) is 4.74 Å². The van der Waals surface area contributed by atoms with Crippen molar-refractivity contribution in [1.29, 1.82) is 0 Å². The van der Waals surface area contributed by atoms with Gasteiger partial charge < -0.3 is 4.74 Å². The molecule has 21 heavy (non-hydrogen) atoms. The highest BCUT2D eigenvalue weighted by molar-refractivity contribution is 7.91. The fourth-order valence-corrected chi connectivity index (χ4v) is 6.51. The van der Waals surface area contributed by atoms with Crippen LogP contribution in [0.5, 0.6) is 0 Å². The summed E-state index contributed by atoms with van der Waals surface area (Å²) >= 11 is 0. The predicted molar refractivity (Wildman–Crippen MR) is 81.7 cm³/mol. The molecule has 2 atom stereocenters. The molecule has 0 N–H and O–H groups in total. The Morgan fingerprint density at radius 3 is 2.43 bits per heavy atom. The minimum Gasteiger partial charge on any atom is -0.475 e.